The first-order valence-corrected chi connectivity index (χ1v) is 19.1. The molecule has 0 bridgehead atoms. The minimum Gasteiger partial charge on any atom is -0.444 e. The number of ether oxygens (including phenoxy) is 1. The van der Waals surface area contributed by atoms with Gasteiger partial charge in [-0.3, -0.25) is 14.2 Å². The van der Waals surface area contributed by atoms with E-state index in [1.54, 1.807) is 46.2 Å². The van der Waals surface area contributed by atoms with Gasteiger partial charge in [0, 0.05) is 63.1 Å². The number of carbonyl (C=O) groups is 2. The Bertz CT molecular complexity index is 1980. The standard InChI is InChI=1S/C25H30N8O2.C15H25N3O3/c1-16(2)30-20-12-23(32-22-5-4-17(13-26)14-27-22)28-15-19(20)24(34)31-18-6-9-25(35,10-7-18)21-8-11-29-33(21)3;1-14(2,3)21-13(19)17-11-5-8-15(20,9-6-11)12-7-10-16-18(12)4/h4-5,8,11-12,14-16,18,35H,6-7,9-10H2,1-3H3,(H,31,34)(H2,27,28,30,32);7,10-11,20H,5-6,8-9H2,1-4H3,(H,17,19). The molecular formula is C40H55N11O5. The monoisotopic (exact) mass is 769 g/mol. The van der Waals surface area contributed by atoms with Crippen molar-refractivity contribution in [2.45, 2.75) is 121 Å². The summed E-state index contributed by atoms with van der Waals surface area (Å²) in [6, 6.07) is 11.0. The lowest BCUT2D eigenvalue weighted by Crippen LogP contribution is -2.44. The second kappa shape index (κ2) is 17.5. The SMILES string of the molecule is CC(C)Nc1cc(Nc2ccc(C#N)cn2)ncc1C(=O)NC1CCC(O)(c2ccnn2C)CC1.Cn1nccc1C1(O)CCC(NC(=O)OC(C)(C)C)CC1. The van der Waals surface area contributed by atoms with Crippen molar-refractivity contribution in [1.82, 2.24) is 40.2 Å². The molecule has 0 aliphatic heterocycles. The van der Waals surface area contributed by atoms with Crippen molar-refractivity contribution < 1.29 is 24.5 Å². The van der Waals surface area contributed by atoms with Gasteiger partial charge in [0.05, 0.1) is 28.2 Å². The molecule has 0 radical (unpaired) electrons. The molecule has 2 fully saturated rings. The van der Waals surface area contributed by atoms with E-state index in [0.717, 1.165) is 24.2 Å². The van der Waals surface area contributed by atoms with Crippen LogP contribution in [-0.4, -0.2) is 75.5 Å². The molecule has 2 aliphatic carbocycles. The van der Waals surface area contributed by atoms with Gasteiger partial charge in [-0.1, -0.05) is 0 Å². The molecule has 16 nitrogen and oxygen atoms in total. The number of nitrogens with zero attached hydrogens (tertiary/aromatic N) is 7. The third kappa shape index (κ3) is 10.8. The summed E-state index contributed by atoms with van der Waals surface area (Å²) in [6.45, 7) is 9.52. The molecule has 0 aromatic carbocycles. The van der Waals surface area contributed by atoms with Crippen LogP contribution in [-0.2, 0) is 30.0 Å². The molecule has 0 unspecified atom stereocenters. The van der Waals surface area contributed by atoms with Crippen LogP contribution in [0.25, 0.3) is 0 Å². The van der Waals surface area contributed by atoms with Crippen LogP contribution >= 0.6 is 0 Å². The predicted octanol–water partition coefficient (Wildman–Crippen LogP) is 5.28. The van der Waals surface area contributed by atoms with Crippen LogP contribution in [0.1, 0.15) is 113 Å². The lowest BCUT2D eigenvalue weighted by molar-refractivity contribution is -0.0172. The molecule has 0 atom stereocenters. The molecule has 4 heterocycles. The largest absolute Gasteiger partial charge is 0.444 e. The fourth-order valence-corrected chi connectivity index (χ4v) is 7.19. The van der Waals surface area contributed by atoms with Gasteiger partial charge in [-0.05, 0) is 110 Å². The summed E-state index contributed by atoms with van der Waals surface area (Å²) in [4.78, 5) is 33.5. The minimum absolute atomic E-state index is 0.0384. The first-order valence-electron chi connectivity index (χ1n) is 19.1. The maximum atomic E-state index is 13.2. The third-order valence-corrected chi connectivity index (χ3v) is 10.0. The highest BCUT2D eigenvalue weighted by Gasteiger charge is 2.39. The van der Waals surface area contributed by atoms with Crippen molar-refractivity contribution in [3.8, 4) is 6.07 Å². The van der Waals surface area contributed by atoms with E-state index in [0.29, 0.717) is 67.0 Å². The highest BCUT2D eigenvalue weighted by Crippen LogP contribution is 2.38. The third-order valence-electron chi connectivity index (χ3n) is 10.0. The lowest BCUT2D eigenvalue weighted by Gasteiger charge is -2.36. The zero-order chi connectivity index (χ0) is 40.7. The molecule has 300 valence electrons. The molecule has 4 aromatic heterocycles. The molecule has 6 N–H and O–H groups in total. The number of nitriles is 1. The van der Waals surface area contributed by atoms with Gasteiger partial charge in [0.15, 0.2) is 0 Å². The molecule has 4 aromatic rings. The predicted molar refractivity (Wildman–Crippen MR) is 211 cm³/mol. The summed E-state index contributed by atoms with van der Waals surface area (Å²) < 4.78 is 8.67. The number of alkyl carbamates (subject to hydrolysis) is 1. The Kier molecular flexibility index (Phi) is 13.0. The number of pyridine rings is 2. The van der Waals surface area contributed by atoms with Crippen molar-refractivity contribution in [3.63, 3.8) is 0 Å². The number of anilines is 3. The molecule has 0 saturated heterocycles. The summed E-state index contributed by atoms with van der Waals surface area (Å²) in [5.74, 6) is 0.868. The van der Waals surface area contributed by atoms with E-state index in [4.69, 9.17) is 10.00 Å². The van der Waals surface area contributed by atoms with Gasteiger partial charge >= 0.3 is 6.09 Å². The molecule has 2 saturated carbocycles. The number of aliphatic hydroxyl groups is 2. The first-order chi connectivity index (χ1) is 26.5. The molecule has 2 amide bonds. The summed E-state index contributed by atoms with van der Waals surface area (Å²) in [5, 5.41) is 51.5. The Labute approximate surface area is 328 Å². The topological polar surface area (TPSA) is 217 Å². The van der Waals surface area contributed by atoms with E-state index >= 15 is 0 Å². The summed E-state index contributed by atoms with van der Waals surface area (Å²) in [5.41, 5.74) is 0.944. The van der Waals surface area contributed by atoms with Crippen LogP contribution < -0.4 is 21.3 Å². The molecule has 56 heavy (non-hydrogen) atoms. The van der Waals surface area contributed by atoms with Crippen molar-refractivity contribution >= 4 is 29.3 Å². The zero-order valence-electron chi connectivity index (χ0n) is 33.3. The summed E-state index contributed by atoms with van der Waals surface area (Å²) >= 11 is 0. The zero-order valence-corrected chi connectivity index (χ0v) is 33.3. The fourth-order valence-electron chi connectivity index (χ4n) is 7.19. The van der Waals surface area contributed by atoms with Crippen molar-refractivity contribution in [1.29, 1.82) is 5.26 Å². The molecular weight excluding hydrogens is 715 g/mol. The summed E-state index contributed by atoms with van der Waals surface area (Å²) in [6.07, 6.45) is 11.1. The Morgan fingerprint density at radius 1 is 0.857 bits per heavy atom. The van der Waals surface area contributed by atoms with E-state index in [1.165, 1.54) is 6.20 Å². The average Bonchev–Trinajstić information content (AvgIpc) is 3.78. The van der Waals surface area contributed by atoms with E-state index < -0.39 is 22.9 Å². The Balaban J connectivity index is 0.000000244. The van der Waals surface area contributed by atoms with E-state index in [2.05, 4.69) is 41.4 Å². The maximum Gasteiger partial charge on any atom is 0.407 e. The van der Waals surface area contributed by atoms with E-state index in [-0.39, 0.29) is 24.0 Å². The number of nitrogens with one attached hydrogen (secondary N) is 4. The van der Waals surface area contributed by atoms with E-state index in [9.17, 15) is 19.8 Å². The van der Waals surface area contributed by atoms with Gasteiger partial charge in [0.2, 0.25) is 0 Å². The average molecular weight is 770 g/mol. The number of aryl methyl sites for hydroxylation is 2. The van der Waals surface area contributed by atoms with Gasteiger partial charge in [0.25, 0.3) is 5.91 Å². The quantitative estimate of drug-likeness (QED) is 0.128. The van der Waals surface area contributed by atoms with Gasteiger partial charge in [-0.25, -0.2) is 14.8 Å². The summed E-state index contributed by atoms with van der Waals surface area (Å²) in [7, 11) is 3.66. The molecule has 16 heteroatoms. The van der Waals surface area contributed by atoms with Gasteiger partial charge in [-0.2, -0.15) is 15.5 Å². The van der Waals surface area contributed by atoms with Crippen molar-refractivity contribution in [2.75, 3.05) is 10.6 Å². The molecule has 2 aliphatic rings. The van der Waals surface area contributed by atoms with Crippen LogP contribution in [0, 0.1) is 11.3 Å². The number of aromatic nitrogens is 6. The van der Waals surface area contributed by atoms with Crippen molar-refractivity contribution in [3.05, 3.63) is 77.6 Å². The van der Waals surface area contributed by atoms with Crippen LogP contribution in [0.5, 0.6) is 0 Å². The second-order valence-electron chi connectivity index (χ2n) is 16.0. The minimum atomic E-state index is -0.925. The fraction of sp³-hybridized carbons (Fsp3) is 0.525. The molecule has 0 spiro atoms. The number of carbonyl (C=O) groups excluding carboxylic acids is 2. The molecule has 6 rings (SSSR count). The van der Waals surface area contributed by atoms with Crippen LogP contribution in [0.4, 0.5) is 22.1 Å². The smallest absolute Gasteiger partial charge is 0.407 e. The Morgan fingerprint density at radius 2 is 1.39 bits per heavy atom. The maximum absolute atomic E-state index is 13.2. The number of hydrogen-bond donors (Lipinski definition) is 6. The highest BCUT2D eigenvalue weighted by molar-refractivity contribution is 6.00. The number of hydrogen-bond acceptors (Lipinski definition) is 12. The van der Waals surface area contributed by atoms with E-state index in [1.807, 2.05) is 66.9 Å². The van der Waals surface area contributed by atoms with Gasteiger partial charge < -0.3 is 36.2 Å². The number of amides is 2. The van der Waals surface area contributed by atoms with Crippen LogP contribution in [0.15, 0.2) is 55.1 Å². The normalized spacial score (nSPS) is 22.2. The van der Waals surface area contributed by atoms with Crippen LogP contribution in [0.3, 0.4) is 0 Å². The highest BCUT2D eigenvalue weighted by atomic mass is 16.6. The Hall–Kier alpha value is -5.53. The lowest BCUT2D eigenvalue weighted by atomic mass is 9.80. The van der Waals surface area contributed by atoms with Gasteiger partial charge in [0.1, 0.15) is 34.5 Å². The van der Waals surface area contributed by atoms with Crippen LogP contribution in [0.2, 0.25) is 0 Å². The van der Waals surface area contributed by atoms with Gasteiger partial charge in [-0.15, -0.1) is 0 Å². The number of rotatable bonds is 9. The first kappa shape index (κ1) is 41.6. The second-order valence-corrected chi connectivity index (χ2v) is 16.0. The Morgan fingerprint density at radius 3 is 1.84 bits per heavy atom. The van der Waals surface area contributed by atoms with Crippen molar-refractivity contribution in [2.24, 2.45) is 14.1 Å².